The van der Waals surface area contributed by atoms with Crippen molar-refractivity contribution >= 4 is 38.4 Å². The SMILES string of the molecule is Cn1c(=O)oc2cc(S(=O)(=O)Nc3ccc4c(c3)N(C(=O)c3cccnc3)CC4)ccc21. The Labute approximate surface area is 183 Å². The second-order valence-electron chi connectivity index (χ2n) is 7.45. The van der Waals surface area contributed by atoms with E-state index in [4.69, 9.17) is 4.42 Å². The zero-order chi connectivity index (χ0) is 22.5. The lowest BCUT2D eigenvalue weighted by Crippen LogP contribution is -2.29. The molecule has 0 bridgehead atoms. The molecule has 0 radical (unpaired) electrons. The van der Waals surface area contributed by atoms with Crippen molar-refractivity contribution in [2.75, 3.05) is 16.2 Å². The highest BCUT2D eigenvalue weighted by molar-refractivity contribution is 7.92. The monoisotopic (exact) mass is 450 g/mol. The van der Waals surface area contributed by atoms with Gasteiger partial charge in [-0.1, -0.05) is 6.07 Å². The van der Waals surface area contributed by atoms with E-state index in [-0.39, 0.29) is 16.4 Å². The first-order valence-electron chi connectivity index (χ1n) is 9.81. The summed E-state index contributed by atoms with van der Waals surface area (Å²) < 4.78 is 34.8. The minimum Gasteiger partial charge on any atom is -0.408 e. The van der Waals surface area contributed by atoms with Crippen LogP contribution in [-0.2, 0) is 23.5 Å². The Balaban J connectivity index is 1.45. The summed E-state index contributed by atoms with van der Waals surface area (Å²) in [6.07, 6.45) is 3.78. The van der Waals surface area contributed by atoms with Gasteiger partial charge >= 0.3 is 5.76 Å². The lowest BCUT2D eigenvalue weighted by Gasteiger charge is -2.18. The Hall–Kier alpha value is -3.92. The highest BCUT2D eigenvalue weighted by Crippen LogP contribution is 2.33. The van der Waals surface area contributed by atoms with Crippen LogP contribution in [0.2, 0.25) is 0 Å². The number of aryl methyl sites for hydroxylation is 1. The molecule has 4 aromatic rings. The van der Waals surface area contributed by atoms with Crippen LogP contribution >= 0.6 is 0 Å². The van der Waals surface area contributed by atoms with Crippen molar-refractivity contribution in [2.24, 2.45) is 7.05 Å². The highest BCUT2D eigenvalue weighted by atomic mass is 32.2. The van der Waals surface area contributed by atoms with Crippen LogP contribution in [0.15, 0.2) is 75.0 Å². The summed E-state index contributed by atoms with van der Waals surface area (Å²) >= 11 is 0. The van der Waals surface area contributed by atoms with E-state index in [1.54, 1.807) is 42.4 Å². The summed E-state index contributed by atoms with van der Waals surface area (Å²) in [7, 11) is -2.41. The van der Waals surface area contributed by atoms with Gasteiger partial charge < -0.3 is 9.32 Å². The molecule has 0 atom stereocenters. The van der Waals surface area contributed by atoms with Gasteiger partial charge in [0.15, 0.2) is 5.58 Å². The van der Waals surface area contributed by atoms with E-state index in [0.29, 0.717) is 35.4 Å². The number of carbonyl (C=O) groups is 1. The van der Waals surface area contributed by atoms with Crippen LogP contribution in [0.25, 0.3) is 11.1 Å². The molecule has 1 aliphatic rings. The molecular weight excluding hydrogens is 432 g/mol. The molecule has 9 nitrogen and oxygen atoms in total. The lowest BCUT2D eigenvalue weighted by atomic mass is 10.1. The minimum atomic E-state index is -3.95. The molecule has 0 unspecified atom stereocenters. The number of oxazole rings is 1. The normalized spacial score (nSPS) is 13.3. The van der Waals surface area contributed by atoms with E-state index in [0.717, 1.165) is 5.56 Å². The predicted molar refractivity (Wildman–Crippen MR) is 118 cm³/mol. The lowest BCUT2D eigenvalue weighted by molar-refractivity contribution is 0.0989. The van der Waals surface area contributed by atoms with E-state index in [1.807, 2.05) is 6.07 Å². The van der Waals surface area contributed by atoms with E-state index in [9.17, 15) is 18.0 Å². The molecule has 0 saturated heterocycles. The fourth-order valence-electron chi connectivity index (χ4n) is 3.79. The number of fused-ring (bicyclic) bond motifs is 2. The molecule has 1 amide bonds. The summed E-state index contributed by atoms with van der Waals surface area (Å²) in [5.41, 5.74) is 3.08. The van der Waals surface area contributed by atoms with Crippen LogP contribution < -0.4 is 15.4 Å². The number of aromatic nitrogens is 2. The predicted octanol–water partition coefficient (Wildman–Crippen LogP) is 2.53. The van der Waals surface area contributed by atoms with E-state index in [2.05, 4.69) is 9.71 Å². The van der Waals surface area contributed by atoms with Crippen molar-refractivity contribution in [2.45, 2.75) is 11.3 Å². The number of rotatable bonds is 4. The molecule has 0 spiro atoms. The summed E-state index contributed by atoms with van der Waals surface area (Å²) in [5, 5.41) is 0. The average molecular weight is 450 g/mol. The van der Waals surface area contributed by atoms with Gasteiger partial charge in [0.2, 0.25) is 0 Å². The standard InChI is InChI=1S/C22H18N4O5S/c1-25-18-7-6-17(12-20(18)31-22(25)28)32(29,30)24-16-5-4-14-8-10-26(19(14)11-16)21(27)15-3-2-9-23-13-15/h2-7,9,11-13,24H,8,10H2,1H3. The van der Waals surface area contributed by atoms with Crippen molar-refractivity contribution in [1.82, 2.24) is 9.55 Å². The molecule has 10 heteroatoms. The van der Waals surface area contributed by atoms with Crippen molar-refractivity contribution in [3.63, 3.8) is 0 Å². The van der Waals surface area contributed by atoms with Crippen molar-refractivity contribution in [3.05, 3.63) is 82.6 Å². The maximum Gasteiger partial charge on any atom is 0.419 e. The van der Waals surface area contributed by atoms with Gasteiger partial charge in [0.05, 0.1) is 21.7 Å². The molecule has 1 aliphatic heterocycles. The summed E-state index contributed by atoms with van der Waals surface area (Å²) in [4.78, 5) is 30.1. The quantitative estimate of drug-likeness (QED) is 0.511. The van der Waals surface area contributed by atoms with Crippen LogP contribution in [0, 0.1) is 0 Å². The highest BCUT2D eigenvalue weighted by Gasteiger charge is 2.27. The van der Waals surface area contributed by atoms with Gasteiger partial charge in [-0.05, 0) is 48.4 Å². The first-order chi connectivity index (χ1) is 15.3. The Bertz CT molecular complexity index is 1520. The van der Waals surface area contributed by atoms with Gasteiger partial charge in [-0.3, -0.25) is 19.1 Å². The zero-order valence-corrected chi connectivity index (χ0v) is 17.8. The van der Waals surface area contributed by atoms with E-state index >= 15 is 0 Å². The fraction of sp³-hybridized carbons (Fsp3) is 0.136. The summed E-state index contributed by atoms with van der Waals surface area (Å²) in [5.74, 6) is -0.763. The van der Waals surface area contributed by atoms with Crippen molar-refractivity contribution in [1.29, 1.82) is 0 Å². The molecule has 2 aromatic heterocycles. The Morgan fingerprint density at radius 2 is 2.00 bits per heavy atom. The second kappa shape index (κ2) is 7.34. The van der Waals surface area contributed by atoms with E-state index in [1.165, 1.54) is 29.0 Å². The van der Waals surface area contributed by atoms with Gasteiger partial charge in [0.25, 0.3) is 15.9 Å². The largest absolute Gasteiger partial charge is 0.419 e. The smallest absolute Gasteiger partial charge is 0.408 e. The van der Waals surface area contributed by atoms with Gasteiger partial charge in [0, 0.05) is 37.7 Å². The molecule has 2 aromatic carbocycles. The Kier molecular flexibility index (Phi) is 4.59. The molecule has 162 valence electrons. The van der Waals surface area contributed by atoms with E-state index < -0.39 is 15.8 Å². The van der Waals surface area contributed by atoms with Crippen LogP contribution in [0.4, 0.5) is 11.4 Å². The summed E-state index contributed by atoms with van der Waals surface area (Å²) in [6, 6.07) is 12.7. The fourth-order valence-corrected chi connectivity index (χ4v) is 4.86. The maximum absolute atomic E-state index is 12.9. The molecule has 5 rings (SSSR count). The topological polar surface area (TPSA) is 115 Å². The average Bonchev–Trinajstić information content (AvgIpc) is 3.33. The number of hydrogen-bond acceptors (Lipinski definition) is 6. The Morgan fingerprint density at radius 3 is 2.78 bits per heavy atom. The number of hydrogen-bond donors (Lipinski definition) is 1. The third kappa shape index (κ3) is 3.34. The van der Waals surface area contributed by atoms with Crippen LogP contribution in [-0.4, -0.2) is 30.4 Å². The van der Waals surface area contributed by atoms with Crippen LogP contribution in [0.3, 0.4) is 0 Å². The maximum atomic E-state index is 12.9. The minimum absolute atomic E-state index is 0.0388. The first-order valence-corrected chi connectivity index (χ1v) is 11.3. The van der Waals surface area contributed by atoms with Crippen molar-refractivity contribution in [3.8, 4) is 0 Å². The number of benzene rings is 2. The Morgan fingerprint density at radius 1 is 1.16 bits per heavy atom. The molecule has 0 saturated carbocycles. The number of carbonyl (C=O) groups excluding carboxylic acids is 1. The molecule has 3 heterocycles. The van der Waals surface area contributed by atoms with Gasteiger partial charge in [-0.15, -0.1) is 0 Å². The number of pyridine rings is 1. The molecular formula is C22H18N4O5S. The molecule has 1 N–H and O–H groups in total. The number of nitrogens with zero attached hydrogens (tertiary/aromatic N) is 3. The summed E-state index contributed by atoms with van der Waals surface area (Å²) in [6.45, 7) is 0.503. The second-order valence-corrected chi connectivity index (χ2v) is 9.14. The van der Waals surface area contributed by atoms with Crippen LogP contribution in [0.5, 0.6) is 0 Å². The third-order valence-electron chi connectivity index (χ3n) is 5.46. The van der Waals surface area contributed by atoms with Gasteiger partial charge in [0.1, 0.15) is 0 Å². The number of sulfonamides is 1. The third-order valence-corrected chi connectivity index (χ3v) is 6.84. The zero-order valence-electron chi connectivity index (χ0n) is 17.0. The van der Waals surface area contributed by atoms with Gasteiger partial charge in [-0.25, -0.2) is 13.2 Å². The van der Waals surface area contributed by atoms with Crippen LogP contribution in [0.1, 0.15) is 15.9 Å². The molecule has 0 fully saturated rings. The first kappa shape index (κ1) is 20.0. The number of amides is 1. The molecule has 32 heavy (non-hydrogen) atoms. The number of nitrogens with one attached hydrogen (secondary N) is 1. The van der Waals surface area contributed by atoms with Gasteiger partial charge in [-0.2, -0.15) is 0 Å². The number of anilines is 2. The molecule has 0 aliphatic carbocycles. The van der Waals surface area contributed by atoms with Crippen molar-refractivity contribution < 1.29 is 17.6 Å².